The maximum absolute atomic E-state index is 12.2. The predicted octanol–water partition coefficient (Wildman–Crippen LogP) is 5.18. The Morgan fingerprint density at radius 1 is 1.11 bits per heavy atom. The van der Waals surface area contributed by atoms with Crippen LogP contribution in [0.15, 0.2) is 26.9 Å². The van der Waals surface area contributed by atoms with Crippen molar-refractivity contribution in [2.45, 2.75) is 91.1 Å². The Kier molecular flexibility index (Phi) is 11.6. The number of sulfonamides is 1. The van der Waals surface area contributed by atoms with Crippen LogP contribution in [0.3, 0.4) is 0 Å². The van der Waals surface area contributed by atoms with Crippen molar-refractivity contribution in [1.82, 2.24) is 9.21 Å². The largest absolute Gasteiger partial charge is 0.474 e. The lowest BCUT2D eigenvalue weighted by Crippen LogP contribution is -2.41. The van der Waals surface area contributed by atoms with E-state index in [0.29, 0.717) is 37.3 Å². The van der Waals surface area contributed by atoms with E-state index in [4.69, 9.17) is 9.47 Å². The Hall–Kier alpha value is -1.52. The van der Waals surface area contributed by atoms with E-state index >= 15 is 0 Å². The van der Waals surface area contributed by atoms with Gasteiger partial charge in [-0.1, -0.05) is 12.5 Å². The monoisotopic (exact) mass is 529 g/mol. The van der Waals surface area contributed by atoms with E-state index < -0.39 is 10.0 Å². The van der Waals surface area contributed by atoms with Crippen molar-refractivity contribution in [3.05, 3.63) is 21.9 Å². The van der Waals surface area contributed by atoms with Crippen molar-refractivity contribution >= 4 is 34.1 Å². The van der Waals surface area contributed by atoms with Gasteiger partial charge in [0, 0.05) is 61.0 Å². The van der Waals surface area contributed by atoms with Crippen molar-refractivity contribution in [2.24, 2.45) is 4.99 Å². The highest BCUT2D eigenvalue weighted by Gasteiger charge is 2.29. The van der Waals surface area contributed by atoms with Gasteiger partial charge in [-0.05, 0) is 53.9 Å². The molecule has 0 saturated carbocycles. The summed E-state index contributed by atoms with van der Waals surface area (Å²) in [6.45, 7) is 14.3. The third-order valence-electron chi connectivity index (χ3n) is 6.30. The van der Waals surface area contributed by atoms with Crippen LogP contribution in [0.1, 0.15) is 73.6 Å². The van der Waals surface area contributed by atoms with Crippen LogP contribution in [0.5, 0.6) is 0 Å². The predicted molar refractivity (Wildman–Crippen MR) is 144 cm³/mol. The van der Waals surface area contributed by atoms with Gasteiger partial charge in [0.1, 0.15) is 6.10 Å². The van der Waals surface area contributed by atoms with Gasteiger partial charge in [0.2, 0.25) is 15.9 Å². The van der Waals surface area contributed by atoms with Crippen LogP contribution in [0.4, 0.5) is 4.79 Å². The number of carbonyl (C=O) groups is 1. The molecule has 35 heavy (non-hydrogen) atoms. The van der Waals surface area contributed by atoms with Crippen LogP contribution >= 0.6 is 11.8 Å². The number of hydrogen-bond donors (Lipinski definition) is 0. The molecule has 200 valence electrons. The van der Waals surface area contributed by atoms with Gasteiger partial charge in [-0.15, -0.1) is 11.8 Å². The van der Waals surface area contributed by atoms with Crippen molar-refractivity contribution in [3.8, 4) is 0 Å². The standard InChI is InChI=1S/C25H43N3O5S2/c1-8-19(5)23(34-22-12-16-28(17-13-22)35(7,30)31)20(6)24(26-9-2)33-21-10-14-27(15-11-21)25(29)32-18(3)4/h9,18,21-22H,8,10-17H2,1-7H3/b23-19-,24-20+,26-9?. The van der Waals surface area contributed by atoms with Crippen molar-refractivity contribution < 1.29 is 22.7 Å². The van der Waals surface area contributed by atoms with Crippen LogP contribution < -0.4 is 0 Å². The number of piperidine rings is 2. The molecule has 0 aromatic carbocycles. The van der Waals surface area contributed by atoms with E-state index in [1.807, 2.05) is 32.5 Å². The number of aliphatic imine (C=N–C) groups is 1. The molecule has 0 radical (unpaired) electrons. The van der Waals surface area contributed by atoms with Gasteiger partial charge in [-0.3, -0.25) is 0 Å². The number of ether oxygens (including phenoxy) is 2. The number of hydrogen-bond acceptors (Lipinski definition) is 7. The zero-order valence-electron chi connectivity index (χ0n) is 22.4. The molecule has 0 aromatic heterocycles. The van der Waals surface area contributed by atoms with E-state index in [1.54, 1.807) is 15.4 Å². The number of thioether (sulfide) groups is 1. The molecular formula is C25H43N3O5S2. The average molecular weight is 530 g/mol. The highest BCUT2D eigenvalue weighted by atomic mass is 32.2. The maximum atomic E-state index is 12.2. The second-order valence-corrected chi connectivity index (χ2v) is 12.8. The fourth-order valence-electron chi connectivity index (χ4n) is 4.14. The number of amides is 1. The first-order valence-electron chi connectivity index (χ1n) is 12.6. The van der Waals surface area contributed by atoms with Crippen molar-refractivity contribution in [1.29, 1.82) is 0 Å². The summed E-state index contributed by atoms with van der Waals surface area (Å²) in [5.74, 6) is 0.625. The molecule has 2 aliphatic heterocycles. The molecule has 0 N–H and O–H groups in total. The van der Waals surface area contributed by atoms with E-state index in [0.717, 1.165) is 37.7 Å². The van der Waals surface area contributed by atoms with Crippen LogP contribution in [-0.4, -0.2) is 79.8 Å². The van der Waals surface area contributed by atoms with Crippen LogP contribution in [0.2, 0.25) is 0 Å². The fourth-order valence-corrected chi connectivity index (χ4v) is 6.40. The molecule has 2 saturated heterocycles. The number of likely N-dealkylation sites (tertiary alicyclic amines) is 1. The van der Waals surface area contributed by atoms with Gasteiger partial charge in [-0.2, -0.15) is 0 Å². The van der Waals surface area contributed by atoms with E-state index in [9.17, 15) is 13.2 Å². The highest BCUT2D eigenvalue weighted by molar-refractivity contribution is 8.03. The van der Waals surface area contributed by atoms with Gasteiger partial charge >= 0.3 is 6.09 Å². The molecule has 1 amide bonds. The van der Waals surface area contributed by atoms with Crippen LogP contribution in [-0.2, 0) is 19.5 Å². The summed E-state index contributed by atoms with van der Waals surface area (Å²) >= 11 is 1.82. The Morgan fingerprint density at radius 3 is 2.20 bits per heavy atom. The lowest BCUT2D eigenvalue weighted by molar-refractivity contribution is 0.0306. The molecule has 2 fully saturated rings. The summed E-state index contributed by atoms with van der Waals surface area (Å²) in [7, 11) is -3.14. The Labute approximate surface area is 216 Å². The first-order valence-corrected chi connectivity index (χ1v) is 15.3. The second kappa shape index (κ2) is 13.7. The van der Waals surface area contributed by atoms with Crippen molar-refractivity contribution in [2.75, 3.05) is 32.4 Å². The first kappa shape index (κ1) is 29.7. The average Bonchev–Trinajstić information content (AvgIpc) is 2.81. The minimum atomic E-state index is -3.14. The van der Waals surface area contributed by atoms with Gasteiger partial charge < -0.3 is 14.4 Å². The molecule has 0 spiro atoms. The summed E-state index contributed by atoms with van der Waals surface area (Å²) in [4.78, 5) is 19.7. The summed E-state index contributed by atoms with van der Waals surface area (Å²) in [6.07, 6.45) is 6.65. The third-order valence-corrected chi connectivity index (χ3v) is 9.29. The molecular weight excluding hydrogens is 486 g/mol. The Balaban J connectivity index is 2.11. The Bertz CT molecular complexity index is 911. The Morgan fingerprint density at radius 2 is 1.71 bits per heavy atom. The molecule has 0 aliphatic carbocycles. The van der Waals surface area contributed by atoms with E-state index in [1.165, 1.54) is 16.7 Å². The molecule has 0 aromatic rings. The summed E-state index contributed by atoms with van der Waals surface area (Å²) < 4.78 is 37.0. The van der Waals surface area contributed by atoms with E-state index in [-0.39, 0.29) is 18.3 Å². The zero-order chi connectivity index (χ0) is 26.2. The van der Waals surface area contributed by atoms with Crippen LogP contribution in [0, 0.1) is 0 Å². The molecule has 2 rings (SSSR count). The summed E-state index contributed by atoms with van der Waals surface area (Å²) in [5, 5.41) is 0.349. The van der Waals surface area contributed by atoms with Crippen LogP contribution in [0.25, 0.3) is 0 Å². The smallest absolute Gasteiger partial charge is 0.410 e. The molecule has 2 heterocycles. The third kappa shape index (κ3) is 9.13. The SMILES string of the molecule is CC=N/C(OC1CCN(C(=O)OC(C)C)CC1)=C(C)\C(SC1CCN(S(C)(=O)=O)CC1)=C(/C)CC. The fraction of sp³-hybridized carbons (Fsp3) is 0.760. The lowest BCUT2D eigenvalue weighted by Gasteiger charge is -2.33. The normalized spacial score (nSPS) is 20.7. The number of nitrogens with zero attached hydrogens (tertiary/aromatic N) is 3. The molecule has 2 aliphatic rings. The molecule has 10 heteroatoms. The minimum Gasteiger partial charge on any atom is -0.474 e. The van der Waals surface area contributed by atoms with Gasteiger partial charge in [0.05, 0.1) is 12.4 Å². The highest BCUT2D eigenvalue weighted by Crippen LogP contribution is 2.38. The topological polar surface area (TPSA) is 88.5 Å². The zero-order valence-corrected chi connectivity index (χ0v) is 24.0. The quantitative estimate of drug-likeness (QED) is 0.232. The number of carbonyl (C=O) groups excluding carboxylic acids is 1. The number of rotatable bonds is 9. The molecule has 0 atom stereocenters. The lowest BCUT2D eigenvalue weighted by atomic mass is 10.1. The van der Waals surface area contributed by atoms with E-state index in [2.05, 4.69) is 25.8 Å². The molecule has 8 nitrogen and oxygen atoms in total. The number of allylic oxidation sites excluding steroid dienone is 2. The van der Waals surface area contributed by atoms with Gasteiger partial charge in [-0.25, -0.2) is 22.5 Å². The maximum Gasteiger partial charge on any atom is 0.410 e. The molecule has 0 bridgehead atoms. The minimum absolute atomic E-state index is 0.0158. The van der Waals surface area contributed by atoms with Crippen molar-refractivity contribution in [3.63, 3.8) is 0 Å². The molecule has 0 unspecified atom stereocenters. The summed E-state index contributed by atoms with van der Waals surface area (Å²) in [6, 6.07) is 0. The van der Waals surface area contributed by atoms with Gasteiger partial charge in [0.25, 0.3) is 0 Å². The van der Waals surface area contributed by atoms with Gasteiger partial charge in [0.15, 0.2) is 0 Å². The summed E-state index contributed by atoms with van der Waals surface area (Å²) in [5.41, 5.74) is 2.29. The first-order chi connectivity index (χ1) is 16.5. The second-order valence-electron chi connectivity index (χ2n) is 9.50.